The molecule has 4 rings (SSSR count). The van der Waals surface area contributed by atoms with Gasteiger partial charge in [0.25, 0.3) is 6.01 Å². The Morgan fingerprint density at radius 1 is 1.23 bits per heavy atom. The van der Waals surface area contributed by atoms with Gasteiger partial charge < -0.3 is 20.0 Å². The van der Waals surface area contributed by atoms with Crippen molar-refractivity contribution in [1.82, 2.24) is 15.6 Å². The number of nitrogens with zero attached hydrogens (tertiary/aromatic N) is 2. The van der Waals surface area contributed by atoms with Crippen LogP contribution >= 0.6 is 24.8 Å². The maximum absolute atomic E-state index is 12.3. The third kappa shape index (κ3) is 4.61. The highest BCUT2D eigenvalue weighted by Gasteiger charge is 2.27. The van der Waals surface area contributed by atoms with Crippen LogP contribution in [0.3, 0.4) is 0 Å². The van der Waals surface area contributed by atoms with E-state index in [1.807, 2.05) is 24.3 Å². The van der Waals surface area contributed by atoms with Gasteiger partial charge in [-0.25, -0.2) is 0 Å². The molecule has 8 heteroatoms. The number of nitrogens with one attached hydrogen (secondary N) is 2. The standard InChI is InChI=1S/C18H24N4O2.2ClH/c23-17(20-12-14-4-3-9-19-14)13-7-10-22(11-8-13)18-21-15-5-1-2-6-16(15)24-18;;/h1-2,5-6,13-14,19H,3-4,7-12H2,(H,20,23);2*1H. The Morgan fingerprint density at radius 3 is 2.69 bits per heavy atom. The van der Waals surface area contributed by atoms with Gasteiger partial charge in [0.05, 0.1) is 0 Å². The number of oxazole rings is 1. The number of hydrogen-bond donors (Lipinski definition) is 2. The smallest absolute Gasteiger partial charge is 0.298 e. The summed E-state index contributed by atoms with van der Waals surface area (Å²) in [5.41, 5.74) is 1.70. The topological polar surface area (TPSA) is 70.4 Å². The first-order valence-electron chi connectivity index (χ1n) is 8.91. The number of anilines is 1. The molecule has 2 aliphatic heterocycles. The van der Waals surface area contributed by atoms with Crippen molar-refractivity contribution in [3.8, 4) is 0 Å². The number of piperidine rings is 1. The molecule has 1 aromatic carbocycles. The van der Waals surface area contributed by atoms with Crippen molar-refractivity contribution in [3.63, 3.8) is 0 Å². The molecule has 0 aliphatic carbocycles. The van der Waals surface area contributed by atoms with E-state index in [1.54, 1.807) is 0 Å². The average molecular weight is 401 g/mol. The third-order valence-electron chi connectivity index (χ3n) is 5.10. The second-order valence-corrected chi connectivity index (χ2v) is 6.76. The molecule has 2 aliphatic rings. The summed E-state index contributed by atoms with van der Waals surface area (Å²) in [6.07, 6.45) is 4.07. The quantitative estimate of drug-likeness (QED) is 0.825. The molecule has 1 amide bonds. The molecule has 1 atom stereocenters. The molecule has 26 heavy (non-hydrogen) atoms. The van der Waals surface area contributed by atoms with Gasteiger partial charge in [0, 0.05) is 31.6 Å². The second-order valence-electron chi connectivity index (χ2n) is 6.76. The molecule has 0 bridgehead atoms. The molecule has 1 aromatic heterocycles. The zero-order valence-electron chi connectivity index (χ0n) is 14.6. The van der Waals surface area contributed by atoms with E-state index in [4.69, 9.17) is 4.42 Å². The van der Waals surface area contributed by atoms with E-state index in [2.05, 4.69) is 20.5 Å². The maximum Gasteiger partial charge on any atom is 0.298 e. The van der Waals surface area contributed by atoms with Crippen LogP contribution in [-0.4, -0.2) is 43.1 Å². The summed E-state index contributed by atoms with van der Waals surface area (Å²) in [4.78, 5) is 19.0. The van der Waals surface area contributed by atoms with E-state index in [0.29, 0.717) is 12.1 Å². The van der Waals surface area contributed by atoms with Crippen LogP contribution in [0.2, 0.25) is 0 Å². The first-order valence-corrected chi connectivity index (χ1v) is 8.91. The van der Waals surface area contributed by atoms with Gasteiger partial charge >= 0.3 is 0 Å². The normalized spacial score (nSPS) is 20.5. The van der Waals surface area contributed by atoms with Gasteiger partial charge in [0.2, 0.25) is 5.91 Å². The minimum absolute atomic E-state index is 0. The number of aromatic nitrogens is 1. The number of benzene rings is 1. The van der Waals surface area contributed by atoms with Crippen molar-refractivity contribution in [3.05, 3.63) is 24.3 Å². The summed E-state index contributed by atoms with van der Waals surface area (Å²) < 4.78 is 5.82. The predicted molar refractivity (Wildman–Crippen MR) is 107 cm³/mol. The summed E-state index contributed by atoms with van der Waals surface area (Å²) >= 11 is 0. The average Bonchev–Trinajstić information content (AvgIpc) is 3.29. The van der Waals surface area contributed by atoms with Gasteiger partial charge in [0.1, 0.15) is 5.52 Å². The summed E-state index contributed by atoms with van der Waals surface area (Å²) in [6, 6.07) is 8.93. The van der Waals surface area contributed by atoms with E-state index in [-0.39, 0.29) is 36.6 Å². The Balaban J connectivity index is 0.00000121. The minimum atomic E-state index is 0. The molecular weight excluding hydrogens is 375 g/mol. The molecule has 144 valence electrons. The van der Waals surface area contributed by atoms with Crippen LogP contribution < -0.4 is 15.5 Å². The molecule has 2 saturated heterocycles. The molecule has 6 nitrogen and oxygen atoms in total. The number of amides is 1. The maximum atomic E-state index is 12.3. The number of halogens is 2. The Morgan fingerprint density at radius 2 is 2.00 bits per heavy atom. The van der Waals surface area contributed by atoms with Gasteiger partial charge in [-0.15, -0.1) is 24.8 Å². The largest absolute Gasteiger partial charge is 0.423 e. The number of carbonyl (C=O) groups excluding carboxylic acids is 1. The molecule has 0 spiro atoms. The van der Waals surface area contributed by atoms with Gasteiger partial charge in [-0.2, -0.15) is 4.98 Å². The summed E-state index contributed by atoms with van der Waals surface area (Å²) in [7, 11) is 0. The molecule has 2 fully saturated rings. The van der Waals surface area contributed by atoms with Crippen molar-refractivity contribution < 1.29 is 9.21 Å². The fourth-order valence-corrected chi connectivity index (χ4v) is 3.63. The van der Waals surface area contributed by atoms with E-state index in [0.717, 1.165) is 56.5 Å². The lowest BCUT2D eigenvalue weighted by molar-refractivity contribution is -0.125. The van der Waals surface area contributed by atoms with Crippen molar-refractivity contribution in [2.45, 2.75) is 31.7 Å². The minimum Gasteiger partial charge on any atom is -0.423 e. The van der Waals surface area contributed by atoms with Crippen molar-refractivity contribution in [2.24, 2.45) is 5.92 Å². The lowest BCUT2D eigenvalue weighted by atomic mass is 9.96. The van der Waals surface area contributed by atoms with Crippen LogP contribution in [0.5, 0.6) is 0 Å². The lowest BCUT2D eigenvalue weighted by Gasteiger charge is -2.30. The molecule has 2 N–H and O–H groups in total. The summed E-state index contributed by atoms with van der Waals surface area (Å²) in [5.74, 6) is 0.299. The first-order chi connectivity index (χ1) is 11.8. The van der Waals surface area contributed by atoms with Crippen LogP contribution in [0.4, 0.5) is 6.01 Å². The zero-order chi connectivity index (χ0) is 16.4. The molecule has 2 aromatic rings. The molecular formula is C18H26Cl2N4O2. The number of fused-ring (bicyclic) bond motifs is 1. The number of carbonyl (C=O) groups is 1. The van der Waals surface area contributed by atoms with Crippen molar-refractivity contribution >= 4 is 47.8 Å². The SMILES string of the molecule is Cl.Cl.O=C(NCC1CCCN1)C1CCN(c2nc3ccccc3o2)CC1. The highest BCUT2D eigenvalue weighted by Crippen LogP contribution is 2.26. The van der Waals surface area contributed by atoms with Crippen LogP contribution in [0.15, 0.2) is 28.7 Å². The van der Waals surface area contributed by atoms with E-state index in [9.17, 15) is 4.79 Å². The Hall–Kier alpha value is -1.50. The summed E-state index contributed by atoms with van der Waals surface area (Å²) in [6.45, 7) is 3.45. The van der Waals surface area contributed by atoms with Crippen molar-refractivity contribution in [2.75, 3.05) is 31.1 Å². The Labute approximate surface area is 165 Å². The number of hydrogen-bond acceptors (Lipinski definition) is 5. The molecule has 0 saturated carbocycles. The Bertz CT molecular complexity index is 677. The van der Waals surface area contributed by atoms with Crippen LogP contribution in [0, 0.1) is 5.92 Å². The molecule has 0 radical (unpaired) electrons. The van der Waals surface area contributed by atoms with Crippen molar-refractivity contribution in [1.29, 1.82) is 0 Å². The predicted octanol–water partition coefficient (Wildman–Crippen LogP) is 2.76. The molecule has 1 unspecified atom stereocenters. The Kier molecular flexibility index (Phi) is 7.55. The lowest BCUT2D eigenvalue weighted by Crippen LogP contribution is -2.44. The zero-order valence-corrected chi connectivity index (χ0v) is 16.3. The van der Waals surface area contributed by atoms with Gasteiger partial charge in [0.15, 0.2) is 5.58 Å². The van der Waals surface area contributed by atoms with Crippen LogP contribution in [0.25, 0.3) is 11.1 Å². The van der Waals surface area contributed by atoms with E-state index < -0.39 is 0 Å². The molecule has 3 heterocycles. The summed E-state index contributed by atoms with van der Waals surface area (Å²) in [5, 5.41) is 6.52. The second kappa shape index (κ2) is 9.44. The monoisotopic (exact) mass is 400 g/mol. The highest BCUT2D eigenvalue weighted by molar-refractivity contribution is 5.85. The van der Waals surface area contributed by atoms with Gasteiger partial charge in [-0.3, -0.25) is 4.79 Å². The fraction of sp³-hybridized carbons (Fsp3) is 0.556. The highest BCUT2D eigenvalue weighted by atomic mass is 35.5. The van der Waals surface area contributed by atoms with E-state index in [1.165, 1.54) is 6.42 Å². The van der Waals surface area contributed by atoms with Gasteiger partial charge in [-0.05, 0) is 44.4 Å². The van der Waals surface area contributed by atoms with Crippen LogP contribution in [0.1, 0.15) is 25.7 Å². The third-order valence-corrected chi connectivity index (χ3v) is 5.10. The van der Waals surface area contributed by atoms with Gasteiger partial charge in [-0.1, -0.05) is 12.1 Å². The first kappa shape index (κ1) is 20.8. The number of rotatable bonds is 4. The van der Waals surface area contributed by atoms with Crippen LogP contribution in [-0.2, 0) is 4.79 Å². The van der Waals surface area contributed by atoms with E-state index >= 15 is 0 Å². The number of para-hydroxylation sites is 2. The fourth-order valence-electron chi connectivity index (χ4n) is 3.63.